The quantitative estimate of drug-likeness (QED) is 0.722. The summed E-state index contributed by atoms with van der Waals surface area (Å²) in [6.45, 7) is 0.435. The second kappa shape index (κ2) is 8.89. The van der Waals surface area contributed by atoms with Crippen LogP contribution in [0.4, 0.5) is 8.78 Å². The average Bonchev–Trinajstić information content (AvgIpc) is 2.38. The zero-order valence-electron chi connectivity index (χ0n) is 11.0. The lowest BCUT2D eigenvalue weighted by molar-refractivity contribution is 0.0587. The van der Waals surface area contributed by atoms with E-state index < -0.39 is 17.8 Å². The van der Waals surface area contributed by atoms with Crippen LogP contribution in [0, 0.1) is 0 Å². The number of hydrogen-bond donors (Lipinski definition) is 2. The molecular formula is C13H17F2NO3S. The molecule has 1 amide bonds. The number of rotatable bonds is 8. The minimum atomic E-state index is -2.58. The van der Waals surface area contributed by atoms with Crippen LogP contribution >= 0.6 is 11.8 Å². The fourth-order valence-electron chi connectivity index (χ4n) is 1.58. The van der Waals surface area contributed by atoms with Gasteiger partial charge in [0.25, 0.3) is 11.7 Å². The monoisotopic (exact) mass is 305 g/mol. The molecule has 0 saturated heterocycles. The Morgan fingerprint density at radius 2 is 2.15 bits per heavy atom. The first kappa shape index (κ1) is 16.9. The predicted octanol–water partition coefficient (Wildman–Crippen LogP) is 2.13. The molecule has 0 saturated carbocycles. The minimum absolute atomic E-state index is 0.188. The van der Waals surface area contributed by atoms with Crippen LogP contribution in [-0.4, -0.2) is 43.1 Å². The van der Waals surface area contributed by atoms with E-state index in [1.165, 1.54) is 19.2 Å². The number of benzene rings is 1. The van der Waals surface area contributed by atoms with Gasteiger partial charge in [0.2, 0.25) is 0 Å². The van der Waals surface area contributed by atoms with Crippen molar-refractivity contribution in [3.63, 3.8) is 0 Å². The molecule has 0 aliphatic carbocycles. The third-order valence-electron chi connectivity index (χ3n) is 2.47. The Kier molecular flexibility index (Phi) is 7.50. The second-order valence-electron chi connectivity index (χ2n) is 4.03. The van der Waals surface area contributed by atoms with E-state index in [-0.39, 0.29) is 23.6 Å². The highest BCUT2D eigenvalue weighted by atomic mass is 32.2. The summed E-state index contributed by atoms with van der Waals surface area (Å²) >= 11 is 0.338. The van der Waals surface area contributed by atoms with Gasteiger partial charge in [-0.25, -0.2) is 0 Å². The largest absolute Gasteiger partial charge is 0.391 e. The average molecular weight is 305 g/mol. The third kappa shape index (κ3) is 5.85. The van der Waals surface area contributed by atoms with E-state index >= 15 is 0 Å². The molecule has 0 radical (unpaired) electrons. The normalized spacial score (nSPS) is 12.4. The van der Waals surface area contributed by atoms with Gasteiger partial charge in [-0.15, -0.1) is 0 Å². The molecule has 0 spiro atoms. The summed E-state index contributed by atoms with van der Waals surface area (Å²) in [4.78, 5) is 12.1. The summed E-state index contributed by atoms with van der Waals surface area (Å²) in [5, 5.41) is 12.0. The van der Waals surface area contributed by atoms with E-state index in [4.69, 9.17) is 4.74 Å². The molecule has 1 aromatic rings. The van der Waals surface area contributed by atoms with Crippen LogP contribution in [0.1, 0.15) is 16.8 Å². The minimum Gasteiger partial charge on any atom is -0.391 e. The van der Waals surface area contributed by atoms with Crippen molar-refractivity contribution in [1.29, 1.82) is 0 Å². The van der Waals surface area contributed by atoms with Gasteiger partial charge in [-0.2, -0.15) is 8.78 Å². The molecule has 0 aromatic heterocycles. The molecule has 7 heteroatoms. The SMILES string of the molecule is COCC(O)CCNC(=O)c1ccccc1SC(F)F. The maximum atomic E-state index is 12.4. The molecule has 1 atom stereocenters. The molecule has 0 fully saturated rings. The molecule has 0 bridgehead atoms. The van der Waals surface area contributed by atoms with Crippen molar-refractivity contribution in [2.24, 2.45) is 0 Å². The molecule has 1 aromatic carbocycles. The summed E-state index contributed by atoms with van der Waals surface area (Å²) in [6.07, 6.45) is -0.324. The van der Waals surface area contributed by atoms with E-state index in [1.54, 1.807) is 12.1 Å². The van der Waals surface area contributed by atoms with Crippen LogP contribution in [0.5, 0.6) is 0 Å². The Balaban J connectivity index is 2.55. The number of amides is 1. The molecule has 1 unspecified atom stereocenters. The lowest BCUT2D eigenvalue weighted by Crippen LogP contribution is -2.28. The summed E-state index contributed by atoms with van der Waals surface area (Å²) in [5.74, 6) is -3.01. The zero-order chi connectivity index (χ0) is 15.0. The number of halogens is 2. The van der Waals surface area contributed by atoms with Crippen LogP contribution < -0.4 is 5.32 Å². The summed E-state index contributed by atoms with van der Waals surface area (Å²) < 4.78 is 29.5. The molecule has 20 heavy (non-hydrogen) atoms. The number of nitrogens with one attached hydrogen (secondary N) is 1. The number of hydrogen-bond acceptors (Lipinski definition) is 4. The van der Waals surface area contributed by atoms with Crippen molar-refractivity contribution in [2.45, 2.75) is 23.2 Å². The molecule has 0 aliphatic heterocycles. The Hall–Kier alpha value is -1.18. The molecule has 2 N–H and O–H groups in total. The Morgan fingerprint density at radius 3 is 2.80 bits per heavy atom. The van der Waals surface area contributed by atoms with Crippen molar-refractivity contribution in [1.82, 2.24) is 5.32 Å². The number of aliphatic hydroxyl groups is 1. The van der Waals surface area contributed by atoms with Gasteiger partial charge >= 0.3 is 0 Å². The first-order valence-electron chi connectivity index (χ1n) is 6.03. The topological polar surface area (TPSA) is 58.6 Å². The fourth-order valence-corrected chi connectivity index (χ4v) is 2.21. The molecular weight excluding hydrogens is 288 g/mol. The highest BCUT2D eigenvalue weighted by molar-refractivity contribution is 7.99. The first-order chi connectivity index (χ1) is 9.54. The van der Waals surface area contributed by atoms with Crippen molar-refractivity contribution < 1.29 is 23.4 Å². The number of aliphatic hydroxyl groups excluding tert-OH is 1. The van der Waals surface area contributed by atoms with Gasteiger partial charge in [0.15, 0.2) is 0 Å². The summed E-state index contributed by atoms with van der Waals surface area (Å²) in [6, 6.07) is 6.19. The lowest BCUT2D eigenvalue weighted by atomic mass is 10.2. The molecule has 0 heterocycles. The first-order valence-corrected chi connectivity index (χ1v) is 6.91. The molecule has 112 valence electrons. The van der Waals surface area contributed by atoms with Crippen LogP contribution in [0.25, 0.3) is 0 Å². The van der Waals surface area contributed by atoms with Crippen molar-refractivity contribution in [3.8, 4) is 0 Å². The van der Waals surface area contributed by atoms with E-state index in [2.05, 4.69) is 5.32 Å². The molecule has 4 nitrogen and oxygen atoms in total. The van der Waals surface area contributed by atoms with Crippen molar-refractivity contribution in [2.75, 3.05) is 20.3 Å². The summed E-state index contributed by atoms with van der Waals surface area (Å²) in [5.41, 5.74) is 0.207. The van der Waals surface area contributed by atoms with Gasteiger partial charge in [-0.05, 0) is 18.6 Å². The van der Waals surface area contributed by atoms with Gasteiger partial charge in [0, 0.05) is 18.6 Å². The third-order valence-corrected chi connectivity index (χ3v) is 3.26. The van der Waals surface area contributed by atoms with E-state index in [9.17, 15) is 18.7 Å². The van der Waals surface area contributed by atoms with Crippen molar-refractivity contribution >= 4 is 17.7 Å². The Morgan fingerprint density at radius 1 is 1.45 bits per heavy atom. The standard InChI is InChI=1S/C13H17F2NO3S/c1-19-8-9(17)6-7-16-12(18)10-4-2-3-5-11(10)20-13(14)15/h2-5,9,13,17H,6-8H2,1H3,(H,16,18). The van der Waals surface area contributed by atoms with Gasteiger partial charge < -0.3 is 15.2 Å². The van der Waals surface area contributed by atoms with Gasteiger partial charge in [-0.1, -0.05) is 23.9 Å². The van der Waals surface area contributed by atoms with E-state index in [0.717, 1.165) is 0 Å². The fraction of sp³-hybridized carbons (Fsp3) is 0.462. The van der Waals surface area contributed by atoms with Crippen molar-refractivity contribution in [3.05, 3.63) is 29.8 Å². The predicted molar refractivity (Wildman–Crippen MR) is 73.1 cm³/mol. The number of thioether (sulfide) groups is 1. The Labute approximate surface area is 120 Å². The van der Waals surface area contributed by atoms with Crippen LogP contribution in [0.3, 0.4) is 0 Å². The maximum absolute atomic E-state index is 12.4. The van der Waals surface area contributed by atoms with E-state index in [0.29, 0.717) is 18.2 Å². The highest BCUT2D eigenvalue weighted by Crippen LogP contribution is 2.28. The number of carbonyl (C=O) groups excluding carboxylic acids is 1. The zero-order valence-corrected chi connectivity index (χ0v) is 11.8. The molecule has 1 rings (SSSR count). The second-order valence-corrected chi connectivity index (χ2v) is 5.06. The lowest BCUT2D eigenvalue weighted by Gasteiger charge is -2.11. The van der Waals surface area contributed by atoms with E-state index in [1.807, 2.05) is 0 Å². The number of ether oxygens (including phenoxy) is 1. The van der Waals surface area contributed by atoms with Gasteiger partial charge in [0.05, 0.1) is 18.3 Å². The number of methoxy groups -OCH3 is 1. The van der Waals surface area contributed by atoms with Crippen LogP contribution in [-0.2, 0) is 4.74 Å². The Bertz CT molecular complexity index is 432. The molecule has 0 aliphatic rings. The number of alkyl halides is 2. The number of carbonyl (C=O) groups is 1. The van der Waals surface area contributed by atoms with Crippen LogP contribution in [0.2, 0.25) is 0 Å². The highest BCUT2D eigenvalue weighted by Gasteiger charge is 2.15. The maximum Gasteiger partial charge on any atom is 0.288 e. The smallest absolute Gasteiger partial charge is 0.288 e. The van der Waals surface area contributed by atoms with Crippen LogP contribution in [0.15, 0.2) is 29.2 Å². The van der Waals surface area contributed by atoms with Gasteiger partial charge in [-0.3, -0.25) is 4.79 Å². The van der Waals surface area contributed by atoms with Gasteiger partial charge in [0.1, 0.15) is 0 Å². The summed E-state index contributed by atoms with van der Waals surface area (Å²) in [7, 11) is 1.47.